The topological polar surface area (TPSA) is 51.8 Å². The molecule has 128 valence electrons. The van der Waals surface area contributed by atoms with Crippen LogP contribution in [0.3, 0.4) is 0 Å². The molecule has 4 nitrogen and oxygen atoms in total. The van der Waals surface area contributed by atoms with Gasteiger partial charge in [-0.1, -0.05) is 52.5 Å². The van der Waals surface area contributed by atoms with E-state index in [4.69, 9.17) is 9.51 Å². The third-order valence-electron chi connectivity index (χ3n) is 5.12. The van der Waals surface area contributed by atoms with Crippen molar-refractivity contribution in [2.75, 3.05) is 0 Å². The molecule has 0 bridgehead atoms. The van der Waals surface area contributed by atoms with Crippen molar-refractivity contribution < 1.29 is 4.52 Å². The van der Waals surface area contributed by atoms with Gasteiger partial charge in [-0.2, -0.15) is 4.98 Å². The van der Waals surface area contributed by atoms with Crippen LogP contribution < -0.4 is 0 Å². The minimum atomic E-state index is -0.154. The zero-order chi connectivity index (χ0) is 17.3. The van der Waals surface area contributed by atoms with Crippen LogP contribution in [0.25, 0.3) is 11.5 Å². The van der Waals surface area contributed by atoms with Crippen LogP contribution in [-0.2, 0) is 5.41 Å². The summed E-state index contributed by atoms with van der Waals surface area (Å²) in [6.07, 6.45) is 7.54. The van der Waals surface area contributed by atoms with Gasteiger partial charge in [-0.15, -0.1) is 0 Å². The summed E-state index contributed by atoms with van der Waals surface area (Å²) in [5, 5.41) is 4.38. The van der Waals surface area contributed by atoms with Crippen LogP contribution in [-0.4, -0.2) is 15.1 Å². The fraction of sp³-hybridized carbons (Fsp3) is 0.350. The normalized spacial score (nSPS) is 16.7. The highest BCUT2D eigenvalue weighted by Crippen LogP contribution is 2.44. The molecule has 0 aliphatic heterocycles. The van der Waals surface area contributed by atoms with E-state index in [2.05, 4.69) is 50.3 Å². The van der Waals surface area contributed by atoms with Crippen molar-refractivity contribution in [3.05, 3.63) is 64.1 Å². The maximum Gasteiger partial charge on any atom is 0.259 e. The fourth-order valence-corrected chi connectivity index (χ4v) is 3.96. The molecule has 2 aromatic heterocycles. The second-order valence-electron chi connectivity index (χ2n) is 6.76. The highest BCUT2D eigenvalue weighted by atomic mass is 79.9. The van der Waals surface area contributed by atoms with E-state index in [1.807, 2.05) is 19.1 Å². The third kappa shape index (κ3) is 3.13. The van der Waals surface area contributed by atoms with Gasteiger partial charge in [-0.25, -0.2) is 0 Å². The number of hydrogen-bond acceptors (Lipinski definition) is 4. The summed E-state index contributed by atoms with van der Waals surface area (Å²) in [6, 6.07) is 12.5. The number of pyridine rings is 1. The van der Waals surface area contributed by atoms with Gasteiger partial charge in [0, 0.05) is 16.4 Å². The first-order valence-electron chi connectivity index (χ1n) is 8.71. The van der Waals surface area contributed by atoms with Crippen molar-refractivity contribution in [1.82, 2.24) is 15.1 Å². The van der Waals surface area contributed by atoms with Crippen LogP contribution in [0.1, 0.15) is 49.2 Å². The fourth-order valence-electron chi connectivity index (χ4n) is 3.70. The number of hydrogen-bond donors (Lipinski definition) is 0. The van der Waals surface area contributed by atoms with Crippen LogP contribution in [0.2, 0.25) is 0 Å². The zero-order valence-corrected chi connectivity index (χ0v) is 15.8. The Balaban J connectivity index is 1.75. The molecule has 1 fully saturated rings. The van der Waals surface area contributed by atoms with Crippen LogP contribution in [0.15, 0.2) is 51.6 Å². The van der Waals surface area contributed by atoms with Crippen molar-refractivity contribution in [3.8, 4) is 11.5 Å². The van der Waals surface area contributed by atoms with E-state index in [9.17, 15) is 0 Å². The summed E-state index contributed by atoms with van der Waals surface area (Å²) in [6.45, 7) is 1.97. The van der Waals surface area contributed by atoms with Crippen molar-refractivity contribution in [2.24, 2.45) is 0 Å². The summed E-state index contributed by atoms with van der Waals surface area (Å²) in [7, 11) is 0. The lowest BCUT2D eigenvalue weighted by molar-refractivity contribution is 0.313. The SMILES string of the molecule is Cc1ccc(-c2nc(C3(c4ccc(Br)cc4)CCCCC3)no2)cn1. The Labute approximate surface area is 155 Å². The average molecular weight is 398 g/mol. The number of aryl methyl sites for hydroxylation is 1. The average Bonchev–Trinajstić information content (AvgIpc) is 3.14. The second kappa shape index (κ2) is 6.71. The molecule has 1 aromatic carbocycles. The lowest BCUT2D eigenvalue weighted by Crippen LogP contribution is -2.31. The first-order valence-corrected chi connectivity index (χ1v) is 9.50. The van der Waals surface area contributed by atoms with Crippen molar-refractivity contribution in [3.63, 3.8) is 0 Å². The summed E-state index contributed by atoms with van der Waals surface area (Å²) in [5.41, 5.74) is 2.96. The summed E-state index contributed by atoms with van der Waals surface area (Å²) < 4.78 is 6.69. The van der Waals surface area contributed by atoms with Crippen molar-refractivity contribution in [2.45, 2.75) is 44.4 Å². The third-order valence-corrected chi connectivity index (χ3v) is 5.64. The van der Waals surface area contributed by atoms with Crippen LogP contribution >= 0.6 is 15.9 Å². The van der Waals surface area contributed by atoms with E-state index < -0.39 is 0 Å². The Morgan fingerprint density at radius 3 is 2.44 bits per heavy atom. The number of halogens is 1. The lowest BCUT2D eigenvalue weighted by Gasteiger charge is -2.35. The van der Waals surface area contributed by atoms with Crippen LogP contribution in [0.5, 0.6) is 0 Å². The van der Waals surface area contributed by atoms with Gasteiger partial charge in [0.25, 0.3) is 5.89 Å². The van der Waals surface area contributed by atoms with E-state index in [0.29, 0.717) is 5.89 Å². The molecule has 3 aromatic rings. The van der Waals surface area contributed by atoms with E-state index in [1.54, 1.807) is 6.20 Å². The van der Waals surface area contributed by atoms with Gasteiger partial charge in [0.15, 0.2) is 5.82 Å². The lowest BCUT2D eigenvalue weighted by atomic mass is 9.69. The largest absolute Gasteiger partial charge is 0.334 e. The van der Waals surface area contributed by atoms with Crippen LogP contribution in [0.4, 0.5) is 0 Å². The molecule has 0 radical (unpaired) electrons. The molecule has 0 spiro atoms. The number of aromatic nitrogens is 3. The first kappa shape index (κ1) is 16.5. The van der Waals surface area contributed by atoms with Crippen LogP contribution in [0, 0.1) is 6.92 Å². The predicted octanol–water partition coefficient (Wildman–Crippen LogP) is 5.45. The number of nitrogens with zero attached hydrogens (tertiary/aromatic N) is 3. The molecule has 1 aliphatic carbocycles. The Hall–Kier alpha value is -2.01. The highest BCUT2D eigenvalue weighted by molar-refractivity contribution is 9.10. The first-order chi connectivity index (χ1) is 12.2. The number of rotatable bonds is 3. The quantitative estimate of drug-likeness (QED) is 0.589. The van der Waals surface area contributed by atoms with Gasteiger partial charge in [0.05, 0.1) is 11.0 Å². The number of benzene rings is 1. The molecule has 0 amide bonds. The molecule has 0 atom stereocenters. The standard InChI is InChI=1S/C20H20BrN3O/c1-14-5-6-15(13-22-14)18-23-19(24-25-18)20(11-3-2-4-12-20)16-7-9-17(21)10-8-16/h5-10,13H,2-4,11-12H2,1H3. The van der Waals surface area contributed by atoms with Crippen molar-refractivity contribution >= 4 is 15.9 Å². The molecule has 5 heteroatoms. The van der Waals surface area contributed by atoms with Gasteiger partial charge in [0.2, 0.25) is 0 Å². The molecule has 0 N–H and O–H groups in total. The minimum absolute atomic E-state index is 0.154. The Morgan fingerprint density at radius 2 is 1.76 bits per heavy atom. The minimum Gasteiger partial charge on any atom is -0.334 e. The monoisotopic (exact) mass is 397 g/mol. The highest BCUT2D eigenvalue weighted by Gasteiger charge is 2.40. The molecule has 25 heavy (non-hydrogen) atoms. The van der Waals surface area contributed by atoms with Gasteiger partial charge in [0.1, 0.15) is 0 Å². The van der Waals surface area contributed by atoms with Gasteiger partial charge in [-0.3, -0.25) is 4.98 Å². The summed E-state index contributed by atoms with van der Waals surface area (Å²) in [5.74, 6) is 1.34. The smallest absolute Gasteiger partial charge is 0.259 e. The predicted molar refractivity (Wildman–Crippen MR) is 100 cm³/mol. The molecule has 1 aliphatic rings. The molecule has 0 saturated heterocycles. The van der Waals surface area contributed by atoms with Gasteiger partial charge < -0.3 is 4.52 Å². The Morgan fingerprint density at radius 1 is 1.00 bits per heavy atom. The van der Waals surface area contributed by atoms with E-state index in [1.165, 1.54) is 24.8 Å². The molecular weight excluding hydrogens is 378 g/mol. The molecule has 2 heterocycles. The summed E-state index contributed by atoms with van der Waals surface area (Å²) >= 11 is 3.53. The van der Waals surface area contributed by atoms with E-state index in [-0.39, 0.29) is 5.41 Å². The van der Waals surface area contributed by atoms with Crippen molar-refractivity contribution in [1.29, 1.82) is 0 Å². The molecule has 0 unspecified atom stereocenters. The molecular formula is C20H20BrN3O. The Kier molecular flexibility index (Phi) is 4.42. The van der Waals surface area contributed by atoms with Gasteiger partial charge >= 0.3 is 0 Å². The zero-order valence-electron chi connectivity index (χ0n) is 14.2. The van der Waals surface area contributed by atoms with Gasteiger partial charge in [-0.05, 0) is 49.6 Å². The molecule has 4 rings (SSSR count). The molecule has 1 saturated carbocycles. The maximum atomic E-state index is 5.60. The maximum absolute atomic E-state index is 5.60. The van der Waals surface area contributed by atoms with E-state index >= 15 is 0 Å². The summed E-state index contributed by atoms with van der Waals surface area (Å²) in [4.78, 5) is 9.10. The second-order valence-corrected chi connectivity index (χ2v) is 7.68. The van der Waals surface area contributed by atoms with E-state index in [0.717, 1.165) is 34.4 Å². The Bertz CT molecular complexity index is 849.